The lowest BCUT2D eigenvalue weighted by Crippen LogP contribution is -2.32. The maximum absolute atomic E-state index is 10.9. The molecule has 2 aromatic heterocycles. The molecule has 0 radical (unpaired) electrons. The molecule has 172 valence electrons. The Balaban J connectivity index is 0.00000289. The number of benzene rings is 1. The smallest absolute Gasteiger partial charge is 0.304 e. The Morgan fingerprint density at radius 2 is 2.12 bits per heavy atom. The maximum Gasteiger partial charge on any atom is 0.304 e. The summed E-state index contributed by atoms with van der Waals surface area (Å²) in [4.78, 5) is 13.0. The Labute approximate surface area is 201 Å². The fourth-order valence-electron chi connectivity index (χ4n) is 3.60. The zero-order valence-corrected chi connectivity index (χ0v) is 20.4. The summed E-state index contributed by atoms with van der Waals surface area (Å²) in [7, 11) is 0. The van der Waals surface area contributed by atoms with Crippen molar-refractivity contribution in [1.82, 2.24) is 24.9 Å². The van der Waals surface area contributed by atoms with Gasteiger partial charge in [-0.2, -0.15) is 5.10 Å². The van der Waals surface area contributed by atoms with Crippen LogP contribution in [0.15, 0.2) is 18.2 Å². The number of halogens is 2. The number of carboxylic acids is 1. The Morgan fingerprint density at radius 1 is 1.34 bits per heavy atom. The topological polar surface area (TPSA) is 93.4 Å². The number of aromatic nitrogens is 4. The predicted molar refractivity (Wildman–Crippen MR) is 126 cm³/mol. The van der Waals surface area contributed by atoms with Gasteiger partial charge in [0.25, 0.3) is 0 Å². The second-order valence-corrected chi connectivity index (χ2v) is 9.16. The van der Waals surface area contributed by atoms with E-state index in [1.807, 2.05) is 43.7 Å². The molecule has 4 rings (SSSR count). The third kappa shape index (κ3) is 5.23. The summed E-state index contributed by atoms with van der Waals surface area (Å²) in [6.07, 6.45) is 0.984. The molecule has 0 saturated carbocycles. The van der Waals surface area contributed by atoms with Crippen molar-refractivity contribution in [2.75, 3.05) is 13.1 Å². The van der Waals surface area contributed by atoms with Crippen LogP contribution in [0.3, 0.4) is 0 Å². The number of ether oxygens (including phenoxy) is 1. The van der Waals surface area contributed by atoms with Gasteiger partial charge in [0.1, 0.15) is 10.8 Å². The summed E-state index contributed by atoms with van der Waals surface area (Å²) >= 11 is 7.82. The predicted octanol–water partition coefficient (Wildman–Crippen LogP) is 4.39. The molecule has 0 amide bonds. The lowest BCUT2D eigenvalue weighted by Gasteiger charge is -2.25. The van der Waals surface area contributed by atoms with Crippen molar-refractivity contribution in [3.8, 4) is 21.5 Å². The normalized spacial score (nSPS) is 13.7. The van der Waals surface area contributed by atoms with Crippen molar-refractivity contribution in [2.45, 2.75) is 46.3 Å². The zero-order valence-electron chi connectivity index (χ0n) is 18.0. The highest BCUT2D eigenvalue weighted by Crippen LogP contribution is 2.34. The van der Waals surface area contributed by atoms with Crippen LogP contribution in [0.2, 0.25) is 5.02 Å². The van der Waals surface area contributed by atoms with E-state index in [4.69, 9.17) is 26.5 Å². The van der Waals surface area contributed by atoms with E-state index in [0.717, 1.165) is 40.5 Å². The molecule has 1 aliphatic rings. The van der Waals surface area contributed by atoms with Gasteiger partial charge < -0.3 is 9.84 Å². The number of hydrogen-bond acceptors (Lipinski definition) is 7. The van der Waals surface area contributed by atoms with Gasteiger partial charge in [-0.1, -0.05) is 22.9 Å². The molecule has 3 aromatic rings. The van der Waals surface area contributed by atoms with E-state index in [2.05, 4.69) is 15.1 Å². The zero-order chi connectivity index (χ0) is 22.1. The van der Waals surface area contributed by atoms with Crippen molar-refractivity contribution >= 4 is 41.3 Å². The molecule has 0 saturated heterocycles. The number of nitrogens with zero attached hydrogens (tertiary/aromatic N) is 5. The van der Waals surface area contributed by atoms with Gasteiger partial charge in [0.05, 0.1) is 23.2 Å². The molecule has 1 aromatic carbocycles. The van der Waals surface area contributed by atoms with Crippen LogP contribution in [0, 0.1) is 6.92 Å². The van der Waals surface area contributed by atoms with Crippen LogP contribution in [0.1, 0.15) is 37.2 Å². The Morgan fingerprint density at radius 3 is 2.81 bits per heavy atom. The molecule has 0 bridgehead atoms. The Hall–Kier alpha value is -2.20. The van der Waals surface area contributed by atoms with Crippen molar-refractivity contribution in [2.24, 2.45) is 0 Å². The van der Waals surface area contributed by atoms with Crippen LogP contribution in [0.4, 0.5) is 0 Å². The third-order valence-corrected chi connectivity index (χ3v) is 6.39. The van der Waals surface area contributed by atoms with E-state index in [-0.39, 0.29) is 24.9 Å². The second-order valence-electron chi connectivity index (χ2n) is 7.79. The SMILES string of the molecule is Cc1c2c(nn1-c1nnc(-c3ccc(OC(C)C)c(Cl)c3)s1)CCN(CCC(=O)O)C2.Cl. The molecule has 0 fully saturated rings. The van der Waals surface area contributed by atoms with E-state index < -0.39 is 5.97 Å². The highest BCUT2D eigenvalue weighted by molar-refractivity contribution is 7.17. The first kappa shape index (κ1) is 24.4. The molecule has 0 aliphatic carbocycles. The van der Waals surface area contributed by atoms with Crippen LogP contribution in [0.25, 0.3) is 15.7 Å². The van der Waals surface area contributed by atoms with Crippen molar-refractivity contribution in [3.05, 3.63) is 40.2 Å². The van der Waals surface area contributed by atoms with E-state index in [0.29, 0.717) is 29.0 Å². The number of carboxylic acid groups (broad SMARTS) is 1. The van der Waals surface area contributed by atoms with Gasteiger partial charge in [-0.05, 0) is 39.0 Å². The highest BCUT2D eigenvalue weighted by atomic mass is 35.5. The van der Waals surface area contributed by atoms with Gasteiger partial charge in [0, 0.05) is 42.9 Å². The van der Waals surface area contributed by atoms with Gasteiger partial charge in [-0.15, -0.1) is 22.6 Å². The fraction of sp³-hybridized carbons (Fsp3) is 0.429. The van der Waals surface area contributed by atoms with E-state index in [9.17, 15) is 4.79 Å². The second kappa shape index (κ2) is 10.2. The minimum absolute atomic E-state index is 0. The number of carbonyl (C=O) groups is 1. The van der Waals surface area contributed by atoms with Crippen LogP contribution in [0.5, 0.6) is 5.75 Å². The standard InChI is InChI=1S/C21H24ClN5O3S.ClH/c1-12(2)30-18-5-4-14(10-16(18)22)20-23-24-21(31-20)27-13(3)15-11-26(9-7-19(28)29)8-6-17(15)25-27;/h4-5,10,12H,6-9,11H2,1-3H3,(H,28,29);1H. The van der Waals surface area contributed by atoms with Crippen molar-refractivity contribution in [1.29, 1.82) is 0 Å². The van der Waals surface area contributed by atoms with Crippen LogP contribution >= 0.6 is 35.3 Å². The molecule has 0 spiro atoms. The molecule has 0 atom stereocenters. The van der Waals surface area contributed by atoms with Gasteiger partial charge >= 0.3 is 5.97 Å². The number of rotatable bonds is 7. The van der Waals surface area contributed by atoms with E-state index in [1.54, 1.807) is 0 Å². The van der Waals surface area contributed by atoms with Gasteiger partial charge in [-0.25, -0.2) is 4.68 Å². The van der Waals surface area contributed by atoms with Crippen LogP contribution in [-0.4, -0.2) is 55.1 Å². The minimum atomic E-state index is -0.775. The summed E-state index contributed by atoms with van der Waals surface area (Å²) in [5.41, 5.74) is 4.07. The lowest BCUT2D eigenvalue weighted by molar-refractivity contribution is -0.137. The molecular weight excluding hydrogens is 473 g/mol. The van der Waals surface area contributed by atoms with Gasteiger partial charge in [0.15, 0.2) is 0 Å². The summed E-state index contributed by atoms with van der Waals surface area (Å²) in [5.74, 6) is -0.128. The molecule has 8 nitrogen and oxygen atoms in total. The molecule has 0 unspecified atom stereocenters. The maximum atomic E-state index is 10.9. The minimum Gasteiger partial charge on any atom is -0.489 e. The third-order valence-electron chi connectivity index (χ3n) is 5.15. The first-order valence-electron chi connectivity index (χ1n) is 10.1. The fourth-order valence-corrected chi connectivity index (χ4v) is 4.67. The first-order chi connectivity index (χ1) is 14.8. The monoisotopic (exact) mass is 497 g/mol. The van der Waals surface area contributed by atoms with Gasteiger partial charge in [0.2, 0.25) is 5.13 Å². The Kier molecular flexibility index (Phi) is 7.76. The molecular formula is C21H25Cl2N5O3S. The van der Waals surface area contributed by atoms with Crippen molar-refractivity contribution in [3.63, 3.8) is 0 Å². The number of fused-ring (bicyclic) bond motifs is 1. The van der Waals surface area contributed by atoms with Crippen molar-refractivity contribution < 1.29 is 14.6 Å². The largest absolute Gasteiger partial charge is 0.489 e. The molecule has 11 heteroatoms. The number of hydrogen-bond donors (Lipinski definition) is 1. The van der Waals surface area contributed by atoms with Crippen LogP contribution < -0.4 is 4.74 Å². The Bertz CT molecular complexity index is 1120. The van der Waals surface area contributed by atoms with E-state index in [1.165, 1.54) is 11.3 Å². The molecule has 1 N–H and O–H groups in total. The average molecular weight is 498 g/mol. The lowest BCUT2D eigenvalue weighted by atomic mass is 10.1. The summed E-state index contributed by atoms with van der Waals surface area (Å²) in [6, 6.07) is 5.61. The summed E-state index contributed by atoms with van der Waals surface area (Å²) < 4.78 is 7.53. The summed E-state index contributed by atoms with van der Waals surface area (Å²) in [6.45, 7) is 7.98. The summed E-state index contributed by atoms with van der Waals surface area (Å²) in [5, 5.41) is 24.4. The van der Waals surface area contributed by atoms with E-state index >= 15 is 0 Å². The molecule has 32 heavy (non-hydrogen) atoms. The first-order valence-corrected chi connectivity index (χ1v) is 11.3. The quantitative estimate of drug-likeness (QED) is 0.516. The highest BCUT2D eigenvalue weighted by Gasteiger charge is 2.25. The number of aliphatic carboxylic acids is 1. The van der Waals surface area contributed by atoms with Gasteiger partial charge in [-0.3, -0.25) is 9.69 Å². The van der Waals surface area contributed by atoms with Crippen LogP contribution in [-0.2, 0) is 17.8 Å². The average Bonchev–Trinajstić information content (AvgIpc) is 3.33. The molecule has 3 heterocycles. The molecule has 1 aliphatic heterocycles.